The molecule has 4 atom stereocenters. The molecule has 4 aliphatic rings. The van der Waals surface area contributed by atoms with Crippen LogP contribution in [-0.4, -0.2) is 20.0 Å². The fourth-order valence-corrected chi connectivity index (χ4v) is 7.16. The third-order valence-corrected chi connectivity index (χ3v) is 8.66. The molecule has 5 rings (SSSR count). The van der Waals surface area contributed by atoms with Gasteiger partial charge in [0.1, 0.15) is 11.5 Å². The first-order valence-electron chi connectivity index (χ1n) is 6.48. The Bertz CT molecular complexity index is 623. The van der Waals surface area contributed by atoms with Gasteiger partial charge in [0.2, 0.25) is 0 Å². The number of para-hydroxylation sites is 1. The van der Waals surface area contributed by atoms with Crippen LogP contribution in [0.2, 0.25) is 0 Å². The van der Waals surface area contributed by atoms with Crippen molar-refractivity contribution in [2.75, 3.05) is 0 Å². The number of fused-ring (bicyclic) bond motifs is 6. The second-order valence-corrected chi connectivity index (χ2v) is 9.11. The van der Waals surface area contributed by atoms with E-state index in [2.05, 4.69) is 61.6 Å². The van der Waals surface area contributed by atoms with Gasteiger partial charge in [0.15, 0.2) is 0 Å². The summed E-state index contributed by atoms with van der Waals surface area (Å²) < 4.78 is 7.05. The highest BCUT2D eigenvalue weighted by Gasteiger charge is 2.78. The van der Waals surface area contributed by atoms with Crippen molar-refractivity contribution >= 4 is 23.5 Å². The van der Waals surface area contributed by atoms with Gasteiger partial charge in [-0.2, -0.15) is 0 Å². The Labute approximate surface area is 115 Å². The summed E-state index contributed by atoms with van der Waals surface area (Å²) in [5, 5.41) is 1.43. The highest BCUT2D eigenvalue weighted by Crippen LogP contribution is 2.80. The van der Waals surface area contributed by atoms with Crippen molar-refractivity contribution in [1.82, 2.24) is 0 Å². The van der Waals surface area contributed by atoms with Gasteiger partial charge in [-0.15, -0.1) is 23.5 Å². The lowest BCUT2D eigenvalue weighted by atomic mass is 9.76. The van der Waals surface area contributed by atoms with Crippen molar-refractivity contribution in [2.45, 2.75) is 40.3 Å². The zero-order chi connectivity index (χ0) is 12.1. The first kappa shape index (κ1) is 10.3. The molecule has 92 valence electrons. The van der Waals surface area contributed by atoms with Gasteiger partial charge in [0.25, 0.3) is 0 Å². The molecule has 3 aliphatic heterocycles. The number of hydrogen-bond donors (Lipinski definition) is 0. The monoisotopic (exact) mass is 274 g/mol. The van der Waals surface area contributed by atoms with Crippen LogP contribution in [0.4, 0.5) is 0 Å². The summed E-state index contributed by atoms with van der Waals surface area (Å²) in [6, 6.07) is 8.51. The smallest absolute Gasteiger partial charge is 0.130 e. The summed E-state index contributed by atoms with van der Waals surface area (Å²) in [5.74, 6) is 2.38. The summed E-state index contributed by atoms with van der Waals surface area (Å²) in [6.07, 6.45) is 1.09. The van der Waals surface area contributed by atoms with Crippen molar-refractivity contribution < 1.29 is 4.74 Å². The Morgan fingerprint density at radius 3 is 3.00 bits per heavy atom. The molecule has 0 spiro atoms. The average molecular weight is 274 g/mol. The van der Waals surface area contributed by atoms with E-state index in [1.165, 1.54) is 11.3 Å². The van der Waals surface area contributed by atoms with Gasteiger partial charge in [0.05, 0.1) is 10.00 Å². The zero-order valence-electron chi connectivity index (χ0n) is 10.4. The van der Waals surface area contributed by atoms with Crippen LogP contribution < -0.4 is 4.74 Å². The summed E-state index contributed by atoms with van der Waals surface area (Å²) in [4.78, 5) is 0. The first-order chi connectivity index (χ1) is 8.63. The van der Waals surface area contributed by atoms with E-state index in [1.807, 2.05) is 0 Å². The number of ether oxygens (including phenoxy) is 1. The predicted octanol–water partition coefficient (Wildman–Crippen LogP) is 3.64. The zero-order valence-corrected chi connectivity index (χ0v) is 12.0. The van der Waals surface area contributed by atoms with Crippen molar-refractivity contribution in [3.05, 3.63) is 41.2 Å². The van der Waals surface area contributed by atoms with Gasteiger partial charge in [-0.1, -0.05) is 18.2 Å². The van der Waals surface area contributed by atoms with Crippen molar-refractivity contribution in [1.29, 1.82) is 0 Å². The molecule has 0 aromatic heterocycles. The predicted molar refractivity (Wildman–Crippen MR) is 77.4 cm³/mol. The summed E-state index contributed by atoms with van der Waals surface area (Å²) in [6.45, 7) is 4.86. The van der Waals surface area contributed by atoms with Crippen LogP contribution in [0.25, 0.3) is 0 Å². The Hall–Kier alpha value is -0.540. The third-order valence-electron chi connectivity index (χ3n) is 5.05. The molecule has 0 bridgehead atoms. The third kappa shape index (κ3) is 0.979. The van der Waals surface area contributed by atoms with E-state index in [9.17, 15) is 0 Å². The molecule has 0 amide bonds. The van der Waals surface area contributed by atoms with Gasteiger partial charge >= 0.3 is 0 Å². The Kier molecular flexibility index (Phi) is 1.60. The molecule has 0 saturated carbocycles. The van der Waals surface area contributed by atoms with E-state index in [1.54, 1.807) is 5.57 Å². The van der Waals surface area contributed by atoms with Crippen LogP contribution in [-0.2, 0) is 6.42 Å². The molecule has 0 N–H and O–H groups in total. The maximum atomic E-state index is 6.24. The molecular weight excluding hydrogens is 260 g/mol. The number of rotatable bonds is 0. The van der Waals surface area contributed by atoms with Gasteiger partial charge in [-0.05, 0) is 31.1 Å². The van der Waals surface area contributed by atoms with Gasteiger partial charge in [-0.3, -0.25) is 0 Å². The second kappa shape index (κ2) is 2.80. The summed E-state index contributed by atoms with van der Waals surface area (Å²) in [7, 11) is 0. The minimum absolute atomic E-state index is 0.334. The number of benzene rings is 1. The van der Waals surface area contributed by atoms with Crippen LogP contribution in [0.15, 0.2) is 35.6 Å². The molecule has 1 aliphatic carbocycles. The van der Waals surface area contributed by atoms with Gasteiger partial charge in [0, 0.05) is 16.4 Å². The lowest BCUT2D eigenvalue weighted by Gasteiger charge is -2.31. The average Bonchev–Trinajstić information content (AvgIpc) is 3.24. The van der Waals surface area contributed by atoms with Gasteiger partial charge in [-0.25, -0.2) is 0 Å². The molecule has 2 saturated heterocycles. The SMILES string of the molecule is CC12SC1(C)C1SC1C1=C2Cc2ccccc2O1. The molecule has 1 nitrogen and oxygen atoms in total. The fraction of sp³-hybridized carbons (Fsp3) is 0.467. The van der Waals surface area contributed by atoms with E-state index in [-0.39, 0.29) is 0 Å². The Balaban J connectivity index is 1.68. The van der Waals surface area contributed by atoms with Gasteiger partial charge < -0.3 is 4.74 Å². The topological polar surface area (TPSA) is 9.23 Å². The summed E-state index contributed by atoms with van der Waals surface area (Å²) >= 11 is 4.26. The Morgan fingerprint density at radius 1 is 1.28 bits per heavy atom. The molecular formula is C15H14OS2. The second-order valence-electron chi connectivity index (χ2n) is 5.95. The van der Waals surface area contributed by atoms with E-state index >= 15 is 0 Å². The molecule has 1 aromatic carbocycles. The molecule has 4 unspecified atom stereocenters. The van der Waals surface area contributed by atoms with E-state index in [0.717, 1.165) is 17.4 Å². The Morgan fingerprint density at radius 2 is 2.11 bits per heavy atom. The normalized spacial score (nSPS) is 46.3. The van der Waals surface area contributed by atoms with E-state index < -0.39 is 0 Å². The van der Waals surface area contributed by atoms with E-state index in [4.69, 9.17) is 4.74 Å². The van der Waals surface area contributed by atoms with Crippen LogP contribution in [0.5, 0.6) is 5.75 Å². The van der Waals surface area contributed by atoms with E-state index in [0.29, 0.717) is 14.7 Å². The maximum absolute atomic E-state index is 6.24. The number of hydrogen-bond acceptors (Lipinski definition) is 3. The highest BCUT2D eigenvalue weighted by molar-refractivity contribution is 8.14. The van der Waals surface area contributed by atoms with Crippen LogP contribution in [0.3, 0.4) is 0 Å². The summed E-state index contributed by atoms with van der Waals surface area (Å²) in [5.41, 5.74) is 2.93. The maximum Gasteiger partial charge on any atom is 0.130 e. The van der Waals surface area contributed by atoms with Crippen molar-refractivity contribution in [3.63, 3.8) is 0 Å². The lowest BCUT2D eigenvalue weighted by Crippen LogP contribution is -2.37. The lowest BCUT2D eigenvalue weighted by molar-refractivity contribution is 0.362. The largest absolute Gasteiger partial charge is 0.460 e. The van der Waals surface area contributed by atoms with Crippen molar-refractivity contribution in [3.8, 4) is 5.75 Å². The number of thioether (sulfide) groups is 2. The van der Waals surface area contributed by atoms with Crippen LogP contribution in [0.1, 0.15) is 19.4 Å². The molecule has 2 fully saturated rings. The molecule has 0 radical (unpaired) electrons. The van der Waals surface area contributed by atoms with Crippen LogP contribution in [0, 0.1) is 0 Å². The minimum Gasteiger partial charge on any atom is -0.460 e. The highest BCUT2D eigenvalue weighted by atomic mass is 32.2. The first-order valence-corrected chi connectivity index (χ1v) is 8.24. The molecule has 3 heteroatoms. The molecule has 3 heterocycles. The standard InChI is InChI=1S/C15H14OS2/c1-14-9-7-8-5-3-4-6-10(8)16-11(9)12-13(17-12)15(14,2)18-14/h3-6,12-13H,7H2,1-2H3. The quantitative estimate of drug-likeness (QED) is 0.669. The van der Waals surface area contributed by atoms with Crippen LogP contribution >= 0.6 is 23.5 Å². The minimum atomic E-state index is 0.334. The van der Waals surface area contributed by atoms with Crippen molar-refractivity contribution in [2.24, 2.45) is 0 Å². The fourth-order valence-electron chi connectivity index (χ4n) is 3.66. The molecule has 1 aromatic rings. The molecule has 18 heavy (non-hydrogen) atoms.